The summed E-state index contributed by atoms with van der Waals surface area (Å²) in [6.45, 7) is 4.64. The van der Waals surface area contributed by atoms with E-state index in [2.05, 4.69) is 5.32 Å². The quantitative estimate of drug-likeness (QED) is 0.677. The van der Waals surface area contributed by atoms with Crippen molar-refractivity contribution in [3.63, 3.8) is 0 Å². The Labute approximate surface area is 155 Å². The summed E-state index contributed by atoms with van der Waals surface area (Å²) in [5.41, 5.74) is 0.251. The number of hydrogen-bond acceptors (Lipinski definition) is 3. The highest BCUT2D eigenvalue weighted by molar-refractivity contribution is 6.33. The molecule has 4 nitrogen and oxygen atoms in total. The average Bonchev–Trinajstić information content (AvgIpc) is 2.56. The van der Waals surface area contributed by atoms with Gasteiger partial charge in [0, 0.05) is 10.6 Å². The topological polar surface area (TPSA) is 47.6 Å². The van der Waals surface area contributed by atoms with Crippen LogP contribution < -0.4 is 14.8 Å². The first-order chi connectivity index (χ1) is 12.0. The third-order valence-corrected chi connectivity index (χ3v) is 3.72. The lowest BCUT2D eigenvalue weighted by Crippen LogP contribution is -2.13. The summed E-state index contributed by atoms with van der Waals surface area (Å²) in [4.78, 5) is 12.4. The van der Waals surface area contributed by atoms with Gasteiger partial charge in [-0.05, 0) is 43.7 Å². The highest BCUT2D eigenvalue weighted by atomic mass is 35.5. The second-order valence-corrected chi connectivity index (χ2v) is 5.99. The first-order valence-corrected chi connectivity index (χ1v) is 8.57. The van der Waals surface area contributed by atoms with Gasteiger partial charge in [0.2, 0.25) is 0 Å². The SMILES string of the molecule is CCCOc1c(Cl)cc(C(=O)Nc2ccc(Cl)cc2F)cc1OCC. The van der Waals surface area contributed by atoms with E-state index in [9.17, 15) is 9.18 Å². The maximum atomic E-state index is 13.8. The summed E-state index contributed by atoms with van der Waals surface area (Å²) >= 11 is 11.9. The number of nitrogens with one attached hydrogen (secondary N) is 1. The monoisotopic (exact) mass is 385 g/mol. The highest BCUT2D eigenvalue weighted by Gasteiger charge is 2.17. The second kappa shape index (κ2) is 8.92. The lowest BCUT2D eigenvalue weighted by atomic mass is 10.1. The molecule has 0 saturated carbocycles. The van der Waals surface area contributed by atoms with Crippen LogP contribution in [0.3, 0.4) is 0 Å². The standard InChI is InChI=1S/C18H18Cl2FNO3/c1-3-7-25-17-13(20)8-11(9-16(17)24-4-2)18(23)22-15-6-5-12(19)10-14(15)21/h5-6,8-10H,3-4,7H2,1-2H3,(H,22,23). The Balaban J connectivity index is 2.29. The number of carbonyl (C=O) groups excluding carboxylic acids is 1. The van der Waals surface area contributed by atoms with Gasteiger partial charge in [0.15, 0.2) is 11.5 Å². The maximum absolute atomic E-state index is 13.8. The summed E-state index contributed by atoms with van der Waals surface area (Å²) in [5.74, 6) is -0.393. The fourth-order valence-electron chi connectivity index (χ4n) is 2.09. The molecule has 0 saturated heterocycles. The van der Waals surface area contributed by atoms with E-state index in [-0.39, 0.29) is 21.3 Å². The van der Waals surface area contributed by atoms with Gasteiger partial charge in [-0.1, -0.05) is 30.1 Å². The molecule has 0 spiro atoms. The number of hydrogen-bond donors (Lipinski definition) is 1. The average molecular weight is 386 g/mol. The highest BCUT2D eigenvalue weighted by Crippen LogP contribution is 2.37. The van der Waals surface area contributed by atoms with Crippen molar-refractivity contribution >= 4 is 34.8 Å². The molecule has 7 heteroatoms. The second-order valence-electron chi connectivity index (χ2n) is 5.15. The van der Waals surface area contributed by atoms with Crippen LogP contribution in [0, 0.1) is 5.82 Å². The van der Waals surface area contributed by atoms with E-state index in [0.717, 1.165) is 12.5 Å². The molecule has 2 rings (SSSR count). The molecule has 0 heterocycles. The Morgan fingerprint density at radius 2 is 1.92 bits per heavy atom. The molecule has 25 heavy (non-hydrogen) atoms. The van der Waals surface area contributed by atoms with Gasteiger partial charge >= 0.3 is 0 Å². The first kappa shape index (κ1) is 19.3. The summed E-state index contributed by atoms with van der Waals surface area (Å²) in [6, 6.07) is 6.97. The molecule has 0 atom stereocenters. The van der Waals surface area contributed by atoms with Crippen molar-refractivity contribution in [3.05, 3.63) is 51.8 Å². The van der Waals surface area contributed by atoms with Crippen LogP contribution in [-0.2, 0) is 0 Å². The van der Waals surface area contributed by atoms with Crippen molar-refractivity contribution in [2.45, 2.75) is 20.3 Å². The Morgan fingerprint density at radius 1 is 1.16 bits per heavy atom. The molecule has 2 aromatic carbocycles. The van der Waals surface area contributed by atoms with Crippen LogP contribution in [-0.4, -0.2) is 19.1 Å². The zero-order chi connectivity index (χ0) is 18.4. The number of carbonyl (C=O) groups is 1. The Kier molecular flexibility index (Phi) is 6.91. The smallest absolute Gasteiger partial charge is 0.255 e. The zero-order valence-electron chi connectivity index (χ0n) is 13.9. The minimum absolute atomic E-state index is 0.0230. The summed E-state index contributed by atoms with van der Waals surface area (Å²) < 4.78 is 24.9. The van der Waals surface area contributed by atoms with Crippen molar-refractivity contribution in [1.29, 1.82) is 0 Å². The molecule has 0 radical (unpaired) electrons. The molecule has 0 aromatic heterocycles. The number of ether oxygens (including phenoxy) is 2. The van der Waals surface area contributed by atoms with Crippen LogP contribution >= 0.6 is 23.2 Å². The molecule has 1 N–H and O–H groups in total. The fourth-order valence-corrected chi connectivity index (χ4v) is 2.52. The zero-order valence-corrected chi connectivity index (χ0v) is 15.4. The third kappa shape index (κ3) is 5.00. The number of amides is 1. The van der Waals surface area contributed by atoms with Gasteiger partial charge in [0.1, 0.15) is 5.82 Å². The molecule has 1 amide bonds. The number of anilines is 1. The van der Waals surface area contributed by atoms with Gasteiger partial charge in [0.05, 0.1) is 23.9 Å². The van der Waals surface area contributed by atoms with E-state index >= 15 is 0 Å². The lowest BCUT2D eigenvalue weighted by Gasteiger charge is -2.15. The molecular formula is C18H18Cl2FNO3. The summed E-state index contributed by atoms with van der Waals surface area (Å²) in [6.07, 6.45) is 0.806. The van der Waals surface area contributed by atoms with Crippen LogP contribution in [0.2, 0.25) is 10.0 Å². The van der Waals surface area contributed by atoms with Crippen molar-refractivity contribution in [2.24, 2.45) is 0 Å². The van der Waals surface area contributed by atoms with Crippen LogP contribution in [0.15, 0.2) is 30.3 Å². The van der Waals surface area contributed by atoms with E-state index in [0.29, 0.717) is 24.7 Å². The molecule has 0 bridgehead atoms. The Hall–Kier alpha value is -1.98. The van der Waals surface area contributed by atoms with E-state index in [4.69, 9.17) is 32.7 Å². The van der Waals surface area contributed by atoms with Crippen LogP contribution in [0.1, 0.15) is 30.6 Å². The van der Waals surface area contributed by atoms with Crippen molar-refractivity contribution in [2.75, 3.05) is 18.5 Å². The number of benzene rings is 2. The van der Waals surface area contributed by atoms with E-state index in [1.807, 2.05) is 13.8 Å². The van der Waals surface area contributed by atoms with Crippen LogP contribution in [0.25, 0.3) is 0 Å². The van der Waals surface area contributed by atoms with E-state index in [1.165, 1.54) is 24.3 Å². The molecule has 0 aliphatic heterocycles. The lowest BCUT2D eigenvalue weighted by molar-refractivity contribution is 0.102. The van der Waals surface area contributed by atoms with Gasteiger partial charge in [-0.25, -0.2) is 4.39 Å². The molecule has 0 fully saturated rings. The van der Waals surface area contributed by atoms with Crippen molar-refractivity contribution < 1.29 is 18.7 Å². The van der Waals surface area contributed by atoms with Gasteiger partial charge in [-0.2, -0.15) is 0 Å². The maximum Gasteiger partial charge on any atom is 0.255 e. The fraction of sp³-hybridized carbons (Fsp3) is 0.278. The molecule has 134 valence electrons. The normalized spacial score (nSPS) is 10.4. The Bertz CT molecular complexity index is 768. The predicted octanol–water partition coefficient (Wildman–Crippen LogP) is 5.57. The number of rotatable bonds is 7. The van der Waals surface area contributed by atoms with Gasteiger partial charge in [0.25, 0.3) is 5.91 Å². The minimum atomic E-state index is -0.625. The molecule has 2 aromatic rings. The van der Waals surface area contributed by atoms with Gasteiger partial charge in [-0.3, -0.25) is 4.79 Å². The third-order valence-electron chi connectivity index (χ3n) is 3.20. The van der Waals surface area contributed by atoms with Crippen LogP contribution in [0.5, 0.6) is 11.5 Å². The van der Waals surface area contributed by atoms with Gasteiger partial charge < -0.3 is 14.8 Å². The largest absolute Gasteiger partial charge is 0.490 e. The molecular weight excluding hydrogens is 368 g/mol. The molecule has 0 unspecified atom stereocenters. The molecule has 0 aliphatic rings. The molecule has 0 aliphatic carbocycles. The summed E-state index contributed by atoms with van der Waals surface area (Å²) in [7, 11) is 0. The van der Waals surface area contributed by atoms with Crippen LogP contribution in [0.4, 0.5) is 10.1 Å². The number of halogens is 3. The van der Waals surface area contributed by atoms with Crippen molar-refractivity contribution in [3.8, 4) is 11.5 Å². The van der Waals surface area contributed by atoms with Crippen molar-refractivity contribution in [1.82, 2.24) is 0 Å². The summed E-state index contributed by atoms with van der Waals surface area (Å²) in [5, 5.41) is 2.98. The van der Waals surface area contributed by atoms with E-state index < -0.39 is 11.7 Å². The minimum Gasteiger partial charge on any atom is -0.490 e. The first-order valence-electron chi connectivity index (χ1n) is 7.81. The Morgan fingerprint density at radius 3 is 2.56 bits per heavy atom. The van der Waals surface area contributed by atoms with Gasteiger partial charge in [-0.15, -0.1) is 0 Å². The van der Waals surface area contributed by atoms with E-state index in [1.54, 1.807) is 0 Å². The predicted molar refractivity (Wildman–Crippen MR) is 97.8 cm³/mol.